The molecule has 0 saturated carbocycles. The molecule has 116 valence electrons. The highest BCUT2D eigenvalue weighted by molar-refractivity contribution is 7.88. The van der Waals surface area contributed by atoms with E-state index in [4.69, 9.17) is 18.0 Å². The van der Waals surface area contributed by atoms with Gasteiger partial charge in [0.1, 0.15) is 4.99 Å². The lowest BCUT2D eigenvalue weighted by Crippen LogP contribution is -2.44. The van der Waals surface area contributed by atoms with E-state index >= 15 is 0 Å². The molecule has 2 atom stereocenters. The average molecular weight is 326 g/mol. The van der Waals surface area contributed by atoms with Gasteiger partial charge >= 0.3 is 0 Å². The standard InChI is InChI=1S/C15H22N2O2S2/c1-11-7-8-17(12(2)9-11)21(18,19)10-13-5-3-4-6-14(13)15(16)20/h3-6,11-12H,7-10H2,1-2H3,(H2,16,20). The van der Waals surface area contributed by atoms with Crippen molar-refractivity contribution >= 4 is 27.2 Å². The Morgan fingerprint density at radius 1 is 1.38 bits per heavy atom. The van der Waals surface area contributed by atoms with Crippen LogP contribution >= 0.6 is 12.2 Å². The van der Waals surface area contributed by atoms with Gasteiger partial charge in [0.05, 0.1) is 5.75 Å². The van der Waals surface area contributed by atoms with E-state index in [1.54, 1.807) is 16.4 Å². The fraction of sp³-hybridized carbons (Fsp3) is 0.533. The van der Waals surface area contributed by atoms with E-state index < -0.39 is 10.0 Å². The molecule has 0 aliphatic carbocycles. The van der Waals surface area contributed by atoms with Crippen molar-refractivity contribution in [1.29, 1.82) is 0 Å². The summed E-state index contributed by atoms with van der Waals surface area (Å²) in [5, 5.41) is 0. The summed E-state index contributed by atoms with van der Waals surface area (Å²) >= 11 is 5.00. The monoisotopic (exact) mass is 326 g/mol. The van der Waals surface area contributed by atoms with Crippen molar-refractivity contribution in [3.05, 3.63) is 35.4 Å². The lowest BCUT2D eigenvalue weighted by Gasteiger charge is -2.35. The van der Waals surface area contributed by atoms with E-state index in [-0.39, 0.29) is 16.8 Å². The third-order valence-electron chi connectivity index (χ3n) is 4.06. The number of piperidine rings is 1. The van der Waals surface area contributed by atoms with Gasteiger partial charge in [-0.05, 0) is 31.2 Å². The van der Waals surface area contributed by atoms with Crippen LogP contribution in [0.15, 0.2) is 24.3 Å². The van der Waals surface area contributed by atoms with E-state index in [2.05, 4.69) is 6.92 Å². The molecule has 1 saturated heterocycles. The summed E-state index contributed by atoms with van der Waals surface area (Å²) in [7, 11) is -3.35. The number of nitrogens with zero attached hydrogens (tertiary/aromatic N) is 1. The molecule has 21 heavy (non-hydrogen) atoms. The van der Waals surface area contributed by atoms with Gasteiger partial charge in [-0.15, -0.1) is 0 Å². The molecule has 2 rings (SSSR count). The van der Waals surface area contributed by atoms with Gasteiger partial charge in [-0.2, -0.15) is 4.31 Å². The molecule has 1 aromatic rings. The van der Waals surface area contributed by atoms with Crippen molar-refractivity contribution in [2.24, 2.45) is 11.7 Å². The first-order chi connectivity index (χ1) is 9.81. The Morgan fingerprint density at radius 2 is 2.05 bits per heavy atom. The van der Waals surface area contributed by atoms with Crippen LogP contribution in [0.25, 0.3) is 0 Å². The highest BCUT2D eigenvalue weighted by Gasteiger charge is 2.32. The van der Waals surface area contributed by atoms with Crippen LogP contribution in [0.2, 0.25) is 0 Å². The third kappa shape index (κ3) is 3.81. The van der Waals surface area contributed by atoms with Gasteiger partial charge in [-0.1, -0.05) is 43.4 Å². The topological polar surface area (TPSA) is 63.4 Å². The summed E-state index contributed by atoms with van der Waals surface area (Å²) in [6.45, 7) is 4.75. The van der Waals surface area contributed by atoms with Crippen LogP contribution in [0, 0.1) is 5.92 Å². The van der Waals surface area contributed by atoms with Crippen LogP contribution in [0.5, 0.6) is 0 Å². The predicted octanol–water partition coefficient (Wildman–Crippen LogP) is 2.27. The Kier molecular flexibility index (Phi) is 5.01. The summed E-state index contributed by atoms with van der Waals surface area (Å²) in [5.74, 6) is 0.537. The molecule has 4 nitrogen and oxygen atoms in total. The van der Waals surface area contributed by atoms with E-state index in [0.29, 0.717) is 23.6 Å². The highest BCUT2D eigenvalue weighted by Crippen LogP contribution is 2.26. The van der Waals surface area contributed by atoms with Crippen LogP contribution in [0.4, 0.5) is 0 Å². The van der Waals surface area contributed by atoms with Crippen molar-refractivity contribution in [2.45, 2.75) is 38.5 Å². The molecule has 0 aromatic heterocycles. The van der Waals surface area contributed by atoms with Crippen LogP contribution in [-0.2, 0) is 15.8 Å². The summed E-state index contributed by atoms with van der Waals surface area (Å²) in [4.78, 5) is 0.237. The van der Waals surface area contributed by atoms with E-state index in [1.807, 2.05) is 19.1 Å². The average Bonchev–Trinajstić information content (AvgIpc) is 2.37. The lowest BCUT2D eigenvalue weighted by molar-refractivity contribution is 0.220. The smallest absolute Gasteiger partial charge is 0.218 e. The quantitative estimate of drug-likeness (QED) is 0.862. The maximum Gasteiger partial charge on any atom is 0.218 e. The molecule has 2 N–H and O–H groups in total. The van der Waals surface area contributed by atoms with Crippen molar-refractivity contribution in [3.63, 3.8) is 0 Å². The van der Waals surface area contributed by atoms with Crippen LogP contribution in [0.3, 0.4) is 0 Å². The molecule has 0 radical (unpaired) electrons. The molecule has 0 amide bonds. The molecule has 1 heterocycles. The van der Waals surface area contributed by atoms with Gasteiger partial charge in [0.25, 0.3) is 0 Å². The first-order valence-electron chi connectivity index (χ1n) is 7.18. The minimum Gasteiger partial charge on any atom is -0.389 e. The van der Waals surface area contributed by atoms with Crippen molar-refractivity contribution in [3.8, 4) is 0 Å². The van der Waals surface area contributed by atoms with E-state index in [1.165, 1.54) is 0 Å². The largest absolute Gasteiger partial charge is 0.389 e. The highest BCUT2D eigenvalue weighted by atomic mass is 32.2. The Hall–Kier alpha value is -0.980. The number of hydrogen-bond donors (Lipinski definition) is 1. The zero-order valence-corrected chi connectivity index (χ0v) is 14.1. The fourth-order valence-electron chi connectivity index (χ4n) is 2.96. The van der Waals surface area contributed by atoms with Crippen molar-refractivity contribution in [2.75, 3.05) is 6.54 Å². The molecular formula is C15H22N2O2S2. The van der Waals surface area contributed by atoms with Crippen molar-refractivity contribution in [1.82, 2.24) is 4.31 Å². The maximum absolute atomic E-state index is 12.7. The Morgan fingerprint density at radius 3 is 2.67 bits per heavy atom. The molecule has 1 fully saturated rings. The van der Waals surface area contributed by atoms with Crippen LogP contribution < -0.4 is 5.73 Å². The summed E-state index contributed by atoms with van der Waals surface area (Å²) in [6.07, 6.45) is 1.83. The van der Waals surface area contributed by atoms with Gasteiger partial charge in [0, 0.05) is 18.2 Å². The first-order valence-corrected chi connectivity index (χ1v) is 9.20. The second kappa shape index (κ2) is 6.42. The Labute approximate surface area is 132 Å². The SMILES string of the molecule is CC1CCN(S(=O)(=O)Cc2ccccc2C(N)=S)C(C)C1. The van der Waals surface area contributed by atoms with E-state index in [0.717, 1.165) is 12.8 Å². The lowest BCUT2D eigenvalue weighted by atomic mass is 9.95. The Balaban J connectivity index is 2.24. The molecule has 0 bridgehead atoms. The third-order valence-corrected chi connectivity index (χ3v) is 6.21. The molecule has 1 aliphatic heterocycles. The number of rotatable bonds is 4. The minimum atomic E-state index is -3.35. The summed E-state index contributed by atoms with van der Waals surface area (Å²) < 4.78 is 27.0. The molecule has 1 aromatic carbocycles. The number of nitrogens with two attached hydrogens (primary N) is 1. The van der Waals surface area contributed by atoms with Crippen LogP contribution in [-0.4, -0.2) is 30.3 Å². The number of sulfonamides is 1. The minimum absolute atomic E-state index is 0.0424. The summed E-state index contributed by atoms with van der Waals surface area (Å²) in [6, 6.07) is 7.23. The van der Waals surface area contributed by atoms with Gasteiger partial charge in [0.2, 0.25) is 10.0 Å². The molecule has 6 heteroatoms. The zero-order valence-electron chi connectivity index (χ0n) is 12.5. The number of hydrogen-bond acceptors (Lipinski definition) is 3. The molecule has 0 spiro atoms. The van der Waals surface area contributed by atoms with Gasteiger partial charge in [0.15, 0.2) is 0 Å². The molecular weight excluding hydrogens is 304 g/mol. The van der Waals surface area contributed by atoms with Gasteiger partial charge < -0.3 is 5.73 Å². The van der Waals surface area contributed by atoms with Crippen molar-refractivity contribution < 1.29 is 8.42 Å². The van der Waals surface area contributed by atoms with Gasteiger partial charge in [-0.25, -0.2) is 8.42 Å². The Bertz CT molecular complexity index is 628. The fourth-order valence-corrected chi connectivity index (χ4v) is 4.99. The zero-order chi connectivity index (χ0) is 15.6. The molecule has 1 aliphatic rings. The number of thiocarbonyl (C=S) groups is 1. The normalized spacial score (nSPS) is 23.9. The first kappa shape index (κ1) is 16.4. The molecule has 2 unspecified atom stereocenters. The van der Waals surface area contributed by atoms with Gasteiger partial charge in [-0.3, -0.25) is 0 Å². The maximum atomic E-state index is 12.7. The second-order valence-corrected chi connectivity index (χ2v) is 8.23. The number of benzene rings is 1. The predicted molar refractivity (Wildman–Crippen MR) is 89.5 cm³/mol. The van der Waals surface area contributed by atoms with E-state index in [9.17, 15) is 8.42 Å². The summed E-state index contributed by atoms with van der Waals surface area (Å²) in [5.41, 5.74) is 7.00. The second-order valence-electron chi connectivity index (χ2n) is 5.87. The van der Waals surface area contributed by atoms with Crippen LogP contribution in [0.1, 0.15) is 37.8 Å².